The molecule has 15 rings (SSSR count). The quantitative estimate of drug-likeness (QED) is 0.176. The molecule has 0 amide bonds. The maximum Gasteiger partial charge on any atom is 0.132 e. The van der Waals surface area contributed by atoms with Crippen LogP contribution in [0.25, 0.3) is 44.2 Å². The summed E-state index contributed by atoms with van der Waals surface area (Å²) in [7, 11) is 0. The van der Waals surface area contributed by atoms with E-state index in [4.69, 9.17) is 9.47 Å². The van der Waals surface area contributed by atoms with Gasteiger partial charge in [0.1, 0.15) is 23.0 Å². The Morgan fingerprint density at radius 3 is 1.25 bits per heavy atom. The van der Waals surface area contributed by atoms with Gasteiger partial charge in [-0.15, -0.1) is 0 Å². The third-order valence-corrected chi connectivity index (χ3v) is 15.4. The molecule has 0 saturated carbocycles. The van der Waals surface area contributed by atoms with Crippen LogP contribution in [0.1, 0.15) is 44.5 Å². The first kappa shape index (κ1) is 38.2. The molecule has 0 atom stereocenters. The van der Waals surface area contributed by atoms with E-state index >= 15 is 0 Å². The van der Waals surface area contributed by atoms with E-state index < -0.39 is 10.8 Å². The third kappa shape index (κ3) is 5.01. The molecule has 11 aromatic rings. The summed E-state index contributed by atoms with van der Waals surface area (Å²) in [6.07, 6.45) is 0. The molecule has 69 heavy (non-hydrogen) atoms. The molecular formula is C66H41NO2. The van der Waals surface area contributed by atoms with Gasteiger partial charge in [-0.05, 0) is 104 Å². The molecule has 0 fully saturated rings. The molecule has 0 radical (unpaired) electrons. The number of nitrogens with zero attached hydrogens (tertiary/aromatic N) is 1. The van der Waals surface area contributed by atoms with Gasteiger partial charge in [0.05, 0.1) is 22.2 Å². The topological polar surface area (TPSA) is 21.7 Å². The highest BCUT2D eigenvalue weighted by atomic mass is 16.5. The molecule has 0 N–H and O–H groups in total. The third-order valence-electron chi connectivity index (χ3n) is 15.4. The number of fused-ring (bicyclic) bond motifs is 20. The Balaban J connectivity index is 1.02. The Hall–Kier alpha value is -8.92. The van der Waals surface area contributed by atoms with Crippen molar-refractivity contribution in [3.8, 4) is 56.4 Å². The largest absolute Gasteiger partial charge is 0.457 e. The Kier molecular flexibility index (Phi) is 7.92. The molecule has 322 valence electrons. The molecule has 2 aliphatic heterocycles. The predicted octanol–water partition coefficient (Wildman–Crippen LogP) is 16.9. The fourth-order valence-electron chi connectivity index (χ4n) is 12.8. The molecule has 0 bridgehead atoms. The monoisotopic (exact) mass is 879 g/mol. The van der Waals surface area contributed by atoms with E-state index in [1.807, 2.05) is 0 Å². The van der Waals surface area contributed by atoms with Gasteiger partial charge in [-0.25, -0.2) is 0 Å². The summed E-state index contributed by atoms with van der Waals surface area (Å²) in [6.45, 7) is 0. The number of hydrogen-bond acceptors (Lipinski definition) is 3. The van der Waals surface area contributed by atoms with E-state index in [0.29, 0.717) is 0 Å². The summed E-state index contributed by atoms with van der Waals surface area (Å²) >= 11 is 0. The van der Waals surface area contributed by atoms with Crippen LogP contribution in [-0.2, 0) is 10.8 Å². The molecule has 3 heteroatoms. The zero-order valence-electron chi connectivity index (χ0n) is 37.4. The van der Waals surface area contributed by atoms with E-state index in [-0.39, 0.29) is 0 Å². The van der Waals surface area contributed by atoms with Crippen LogP contribution in [0, 0.1) is 0 Å². The minimum absolute atomic E-state index is 0.566. The van der Waals surface area contributed by atoms with Crippen molar-refractivity contribution in [3.05, 3.63) is 293 Å². The lowest BCUT2D eigenvalue weighted by Crippen LogP contribution is -2.32. The van der Waals surface area contributed by atoms with Crippen LogP contribution in [0.3, 0.4) is 0 Å². The normalized spacial score (nSPS) is 14.3. The van der Waals surface area contributed by atoms with Gasteiger partial charge in [0, 0.05) is 38.9 Å². The van der Waals surface area contributed by atoms with Crippen molar-refractivity contribution >= 4 is 27.8 Å². The highest BCUT2D eigenvalue weighted by molar-refractivity contribution is 6.11. The number of benzene rings is 11. The van der Waals surface area contributed by atoms with Gasteiger partial charge in [0.2, 0.25) is 0 Å². The summed E-state index contributed by atoms with van der Waals surface area (Å²) in [5.41, 5.74) is 19.1. The summed E-state index contributed by atoms with van der Waals surface area (Å²) in [6, 6.07) is 90.9. The highest BCUT2D eigenvalue weighted by Crippen LogP contribution is 2.66. The van der Waals surface area contributed by atoms with E-state index in [0.717, 1.165) is 62.3 Å². The van der Waals surface area contributed by atoms with Crippen LogP contribution in [0.4, 0.5) is 17.1 Å². The fraction of sp³-hybridized carbons (Fsp3) is 0.0303. The number of ether oxygens (including phenoxy) is 2. The van der Waals surface area contributed by atoms with Crippen LogP contribution in [-0.4, -0.2) is 0 Å². The number of para-hydroxylation sites is 4. The molecule has 2 spiro atoms. The number of rotatable bonds is 4. The Labute approximate surface area is 400 Å². The molecule has 11 aromatic carbocycles. The van der Waals surface area contributed by atoms with Gasteiger partial charge in [-0.1, -0.05) is 200 Å². The van der Waals surface area contributed by atoms with Crippen LogP contribution < -0.4 is 14.4 Å². The van der Waals surface area contributed by atoms with Gasteiger partial charge in [0.15, 0.2) is 0 Å². The lowest BCUT2D eigenvalue weighted by atomic mass is 9.66. The van der Waals surface area contributed by atoms with Crippen molar-refractivity contribution < 1.29 is 9.47 Å². The van der Waals surface area contributed by atoms with Gasteiger partial charge in [-0.3, -0.25) is 0 Å². The minimum atomic E-state index is -0.607. The second-order valence-electron chi connectivity index (χ2n) is 18.6. The van der Waals surface area contributed by atoms with Crippen LogP contribution >= 0.6 is 0 Å². The predicted molar refractivity (Wildman–Crippen MR) is 279 cm³/mol. The van der Waals surface area contributed by atoms with E-state index in [2.05, 4.69) is 254 Å². The molecule has 2 heterocycles. The first-order chi connectivity index (χ1) is 34.2. The van der Waals surface area contributed by atoms with Gasteiger partial charge >= 0.3 is 0 Å². The van der Waals surface area contributed by atoms with Crippen molar-refractivity contribution in [3.63, 3.8) is 0 Å². The van der Waals surface area contributed by atoms with Crippen molar-refractivity contribution in [1.29, 1.82) is 0 Å². The van der Waals surface area contributed by atoms with E-state index in [1.54, 1.807) is 0 Å². The molecule has 0 aromatic heterocycles. The molecule has 3 nitrogen and oxygen atoms in total. The molecule has 4 aliphatic rings. The van der Waals surface area contributed by atoms with Gasteiger partial charge in [-0.2, -0.15) is 0 Å². The maximum atomic E-state index is 6.73. The van der Waals surface area contributed by atoms with Crippen molar-refractivity contribution in [2.24, 2.45) is 0 Å². The second kappa shape index (κ2) is 14.3. The minimum Gasteiger partial charge on any atom is -0.457 e. The van der Waals surface area contributed by atoms with Gasteiger partial charge < -0.3 is 14.4 Å². The lowest BCUT2D eigenvalue weighted by molar-refractivity contribution is 0.436. The van der Waals surface area contributed by atoms with Crippen LogP contribution in [0.5, 0.6) is 23.0 Å². The molecule has 0 saturated heterocycles. The average molecular weight is 880 g/mol. The zero-order valence-corrected chi connectivity index (χ0v) is 37.4. The molecular weight excluding hydrogens is 839 g/mol. The number of hydrogen-bond donors (Lipinski definition) is 0. The Morgan fingerprint density at radius 2 is 0.681 bits per heavy atom. The number of anilines is 3. The van der Waals surface area contributed by atoms with Crippen molar-refractivity contribution in [2.75, 3.05) is 4.90 Å². The maximum absolute atomic E-state index is 6.73. The van der Waals surface area contributed by atoms with E-state index in [1.165, 1.54) is 66.4 Å². The zero-order chi connectivity index (χ0) is 45.3. The van der Waals surface area contributed by atoms with Crippen molar-refractivity contribution in [2.45, 2.75) is 10.8 Å². The van der Waals surface area contributed by atoms with Gasteiger partial charge in [0.25, 0.3) is 0 Å². The summed E-state index contributed by atoms with van der Waals surface area (Å²) in [5.74, 6) is 3.55. The first-order valence-corrected chi connectivity index (χ1v) is 23.8. The standard InChI is InChI=1S/C66H41NO2/c1-2-18-42(19-3-1)43-36-38-44(39-37-43)67(58-31-17-29-55-64(58)48-21-5-7-24-50(48)65(55)51-25-8-12-32-59(51)68-60-33-13-9-26-52(60)65)57-30-16-22-46-45(57)40-41-56-63(46)47-20-4-6-23-49(47)66(56)53-27-10-14-34-61(53)69-62-35-15-11-28-54(62)66/h1-41H. The van der Waals surface area contributed by atoms with Crippen LogP contribution in [0.2, 0.25) is 0 Å². The molecule has 2 aliphatic carbocycles. The average Bonchev–Trinajstić information content (AvgIpc) is 3.88. The second-order valence-corrected chi connectivity index (χ2v) is 18.6. The summed E-state index contributed by atoms with van der Waals surface area (Å²) < 4.78 is 13.4. The van der Waals surface area contributed by atoms with E-state index in [9.17, 15) is 0 Å². The smallest absolute Gasteiger partial charge is 0.132 e. The Bertz CT molecular complexity index is 3830. The summed E-state index contributed by atoms with van der Waals surface area (Å²) in [4.78, 5) is 2.52. The Morgan fingerprint density at radius 1 is 0.261 bits per heavy atom. The summed E-state index contributed by atoms with van der Waals surface area (Å²) in [5, 5.41) is 2.38. The lowest BCUT2D eigenvalue weighted by Gasteiger charge is -2.39. The van der Waals surface area contributed by atoms with Crippen LogP contribution in [0.15, 0.2) is 249 Å². The SMILES string of the molecule is c1ccc(-c2ccc(N(c3cccc4c3-c3ccccc3C43c4ccccc4Oc4ccccc43)c3cccc4c5c(ccc34)C3(c4ccccc4Oc4ccccc43)c3ccccc3-5)cc2)cc1. The van der Waals surface area contributed by atoms with Crippen molar-refractivity contribution in [1.82, 2.24) is 0 Å². The first-order valence-electron chi connectivity index (χ1n) is 23.8. The fourth-order valence-corrected chi connectivity index (χ4v) is 12.8. The highest BCUT2D eigenvalue weighted by Gasteiger charge is 2.53. The molecule has 0 unspecified atom stereocenters.